The second-order valence-electron chi connectivity index (χ2n) is 7.27. The molecule has 0 aliphatic heterocycles. The summed E-state index contributed by atoms with van der Waals surface area (Å²) in [4.78, 5) is 14.8. The fourth-order valence-electron chi connectivity index (χ4n) is 3.47. The Morgan fingerprint density at radius 1 is 1.35 bits per heavy atom. The molecule has 0 bridgehead atoms. The second kappa shape index (κ2) is 5.77. The van der Waals surface area contributed by atoms with Gasteiger partial charge in [-0.2, -0.15) is 0 Å². The molecule has 2 N–H and O–H groups in total. The van der Waals surface area contributed by atoms with Crippen molar-refractivity contribution in [2.75, 3.05) is 13.1 Å². The van der Waals surface area contributed by atoms with Gasteiger partial charge in [-0.15, -0.1) is 6.42 Å². The van der Waals surface area contributed by atoms with Crippen LogP contribution in [0.5, 0.6) is 0 Å². The highest BCUT2D eigenvalue weighted by Crippen LogP contribution is 2.45. The molecule has 2 aliphatic carbocycles. The summed E-state index contributed by atoms with van der Waals surface area (Å²) >= 11 is 0. The second-order valence-corrected chi connectivity index (χ2v) is 7.27. The van der Waals surface area contributed by atoms with Crippen molar-refractivity contribution in [1.29, 1.82) is 0 Å². The van der Waals surface area contributed by atoms with E-state index in [1.165, 1.54) is 12.8 Å². The predicted molar refractivity (Wildman–Crippen MR) is 81.8 cm³/mol. The smallest absolute Gasteiger partial charge is 0.227 e. The first-order chi connectivity index (χ1) is 9.37. The Morgan fingerprint density at radius 2 is 2.00 bits per heavy atom. The molecule has 0 aromatic heterocycles. The third-order valence-electron chi connectivity index (χ3n) is 5.57. The molecule has 2 saturated carbocycles. The highest BCUT2D eigenvalue weighted by Gasteiger charge is 2.46. The highest BCUT2D eigenvalue weighted by molar-refractivity contribution is 5.80. The maximum Gasteiger partial charge on any atom is 0.227 e. The van der Waals surface area contributed by atoms with Crippen molar-refractivity contribution in [3.63, 3.8) is 0 Å². The minimum Gasteiger partial charge on any atom is -0.331 e. The van der Waals surface area contributed by atoms with Crippen LogP contribution in [-0.2, 0) is 4.79 Å². The SMILES string of the molecule is C#CCN(CC1CC1)C(=O)C1CCC(N)C(C)C1(C)C. The van der Waals surface area contributed by atoms with Gasteiger partial charge in [0.1, 0.15) is 0 Å². The Hall–Kier alpha value is -1.01. The Balaban J connectivity index is 2.11. The van der Waals surface area contributed by atoms with E-state index in [-0.39, 0.29) is 23.3 Å². The molecule has 2 fully saturated rings. The molecule has 0 radical (unpaired) electrons. The largest absolute Gasteiger partial charge is 0.331 e. The summed E-state index contributed by atoms with van der Waals surface area (Å²) in [5, 5.41) is 0. The van der Waals surface area contributed by atoms with Gasteiger partial charge in [0.25, 0.3) is 0 Å². The molecule has 0 aromatic rings. The van der Waals surface area contributed by atoms with Gasteiger partial charge in [-0.05, 0) is 42.9 Å². The lowest BCUT2D eigenvalue weighted by molar-refractivity contribution is -0.143. The maximum atomic E-state index is 12.9. The van der Waals surface area contributed by atoms with E-state index < -0.39 is 0 Å². The van der Waals surface area contributed by atoms with Crippen LogP contribution in [0.25, 0.3) is 0 Å². The Morgan fingerprint density at radius 3 is 2.55 bits per heavy atom. The molecular formula is C17H28N2O. The van der Waals surface area contributed by atoms with E-state index in [4.69, 9.17) is 12.2 Å². The molecular weight excluding hydrogens is 248 g/mol. The number of nitrogens with two attached hydrogens (primary N) is 1. The van der Waals surface area contributed by atoms with Gasteiger partial charge in [-0.3, -0.25) is 4.79 Å². The summed E-state index contributed by atoms with van der Waals surface area (Å²) in [5.41, 5.74) is 6.13. The van der Waals surface area contributed by atoms with Gasteiger partial charge in [-0.25, -0.2) is 0 Å². The third-order valence-corrected chi connectivity index (χ3v) is 5.57. The number of hydrogen-bond acceptors (Lipinski definition) is 2. The standard InChI is InChI=1S/C17H28N2O/c1-5-10-19(11-13-6-7-13)16(20)14-8-9-15(18)12(2)17(14,3)4/h1,12-15H,6-11,18H2,2-4H3. The molecule has 20 heavy (non-hydrogen) atoms. The first-order valence-corrected chi connectivity index (χ1v) is 7.85. The van der Waals surface area contributed by atoms with Crippen LogP contribution >= 0.6 is 0 Å². The van der Waals surface area contributed by atoms with Crippen LogP contribution in [0.4, 0.5) is 0 Å². The van der Waals surface area contributed by atoms with Crippen LogP contribution in [0.15, 0.2) is 0 Å². The van der Waals surface area contributed by atoms with Crippen molar-refractivity contribution in [2.24, 2.45) is 28.9 Å². The molecule has 0 heterocycles. The van der Waals surface area contributed by atoms with Gasteiger partial charge in [0.05, 0.1) is 6.54 Å². The fraction of sp³-hybridized carbons (Fsp3) is 0.824. The van der Waals surface area contributed by atoms with Gasteiger partial charge >= 0.3 is 0 Å². The summed E-state index contributed by atoms with van der Waals surface area (Å²) < 4.78 is 0. The number of carbonyl (C=O) groups is 1. The van der Waals surface area contributed by atoms with Crippen molar-refractivity contribution in [1.82, 2.24) is 4.90 Å². The number of nitrogens with zero attached hydrogens (tertiary/aromatic N) is 1. The average molecular weight is 276 g/mol. The molecule has 0 aromatic carbocycles. The van der Waals surface area contributed by atoms with Crippen LogP contribution in [0.1, 0.15) is 46.5 Å². The molecule has 3 atom stereocenters. The van der Waals surface area contributed by atoms with Gasteiger partial charge in [-0.1, -0.05) is 26.7 Å². The average Bonchev–Trinajstić information content (AvgIpc) is 3.19. The molecule has 3 heteroatoms. The summed E-state index contributed by atoms with van der Waals surface area (Å²) in [6.07, 6.45) is 9.76. The van der Waals surface area contributed by atoms with E-state index in [2.05, 4.69) is 26.7 Å². The Labute approximate surface area is 123 Å². The molecule has 1 amide bonds. The zero-order chi connectivity index (χ0) is 14.9. The number of hydrogen-bond donors (Lipinski definition) is 1. The number of amides is 1. The lowest BCUT2D eigenvalue weighted by atomic mass is 9.60. The van der Waals surface area contributed by atoms with Gasteiger partial charge < -0.3 is 10.6 Å². The van der Waals surface area contributed by atoms with Crippen molar-refractivity contribution in [3.05, 3.63) is 0 Å². The lowest BCUT2D eigenvalue weighted by Gasteiger charge is -2.47. The third kappa shape index (κ3) is 3.01. The number of carbonyl (C=O) groups excluding carboxylic acids is 1. The predicted octanol–water partition coefficient (Wildman–Crippen LogP) is 2.26. The van der Waals surface area contributed by atoms with Gasteiger partial charge in [0, 0.05) is 18.5 Å². The normalized spacial score (nSPS) is 32.5. The van der Waals surface area contributed by atoms with Crippen molar-refractivity contribution < 1.29 is 4.79 Å². The zero-order valence-corrected chi connectivity index (χ0v) is 13.1. The summed E-state index contributed by atoms with van der Waals surface area (Å²) in [7, 11) is 0. The molecule has 2 rings (SSSR count). The molecule has 112 valence electrons. The van der Waals surface area contributed by atoms with Crippen LogP contribution < -0.4 is 5.73 Å². The van der Waals surface area contributed by atoms with Crippen molar-refractivity contribution >= 4 is 5.91 Å². The summed E-state index contributed by atoms with van der Waals surface area (Å²) in [6.45, 7) is 7.84. The topological polar surface area (TPSA) is 46.3 Å². The van der Waals surface area contributed by atoms with Crippen LogP contribution in [0, 0.1) is 35.5 Å². The summed E-state index contributed by atoms with van der Waals surface area (Å²) in [6, 6.07) is 0.207. The van der Waals surface area contributed by atoms with E-state index in [1.54, 1.807) is 0 Å². The van der Waals surface area contributed by atoms with Crippen molar-refractivity contribution in [2.45, 2.75) is 52.5 Å². The number of rotatable bonds is 4. The Bertz CT molecular complexity index is 406. The quantitative estimate of drug-likeness (QED) is 0.801. The van der Waals surface area contributed by atoms with E-state index in [0.717, 1.165) is 19.4 Å². The molecule has 0 saturated heterocycles. The van der Waals surface area contributed by atoms with Crippen LogP contribution in [-0.4, -0.2) is 29.9 Å². The van der Waals surface area contributed by atoms with Gasteiger partial charge in [0.15, 0.2) is 0 Å². The monoisotopic (exact) mass is 276 g/mol. The number of terminal acetylenes is 1. The van der Waals surface area contributed by atoms with E-state index in [1.807, 2.05) is 4.90 Å². The fourth-order valence-corrected chi connectivity index (χ4v) is 3.47. The maximum absolute atomic E-state index is 12.9. The first kappa shape index (κ1) is 15.4. The van der Waals surface area contributed by atoms with Crippen LogP contribution in [0.3, 0.4) is 0 Å². The van der Waals surface area contributed by atoms with Crippen molar-refractivity contribution in [3.8, 4) is 12.3 Å². The minimum absolute atomic E-state index is 0.0504. The van der Waals surface area contributed by atoms with Crippen LogP contribution in [0.2, 0.25) is 0 Å². The van der Waals surface area contributed by atoms with Gasteiger partial charge in [0.2, 0.25) is 5.91 Å². The molecule has 2 aliphatic rings. The Kier molecular flexibility index (Phi) is 4.44. The van der Waals surface area contributed by atoms with E-state index in [0.29, 0.717) is 18.4 Å². The van der Waals surface area contributed by atoms with E-state index in [9.17, 15) is 4.79 Å². The minimum atomic E-state index is -0.0504. The van der Waals surface area contributed by atoms with E-state index >= 15 is 0 Å². The molecule has 3 nitrogen and oxygen atoms in total. The highest BCUT2D eigenvalue weighted by atomic mass is 16.2. The lowest BCUT2D eigenvalue weighted by Crippen LogP contribution is -2.52. The molecule has 3 unspecified atom stereocenters. The molecule has 0 spiro atoms. The first-order valence-electron chi connectivity index (χ1n) is 7.85. The summed E-state index contributed by atoms with van der Waals surface area (Å²) in [5.74, 6) is 4.00. The zero-order valence-electron chi connectivity index (χ0n) is 13.1.